The van der Waals surface area contributed by atoms with Gasteiger partial charge in [0, 0.05) is 12.8 Å². The summed E-state index contributed by atoms with van der Waals surface area (Å²) >= 11 is 0. The van der Waals surface area contributed by atoms with Crippen LogP contribution in [0.15, 0.2) is 0 Å². The molecule has 0 saturated heterocycles. The van der Waals surface area contributed by atoms with Gasteiger partial charge in [0.25, 0.3) is 0 Å². The first kappa shape index (κ1) is 9.38. The van der Waals surface area contributed by atoms with Gasteiger partial charge in [0.2, 0.25) is 5.92 Å². The third-order valence-corrected chi connectivity index (χ3v) is 4.02. The van der Waals surface area contributed by atoms with Crippen molar-refractivity contribution in [2.24, 2.45) is 28.9 Å². The van der Waals surface area contributed by atoms with Crippen molar-refractivity contribution in [2.75, 3.05) is 6.54 Å². The highest BCUT2D eigenvalue weighted by atomic mass is 19.3. The van der Waals surface area contributed by atoms with Gasteiger partial charge in [0.05, 0.1) is 0 Å². The normalized spacial score (nSPS) is 41.3. The summed E-state index contributed by atoms with van der Waals surface area (Å²) in [4.78, 5) is 0. The Morgan fingerprint density at radius 2 is 1.85 bits per heavy atom. The third-order valence-electron chi connectivity index (χ3n) is 4.02. The molecule has 0 aliphatic heterocycles. The van der Waals surface area contributed by atoms with Gasteiger partial charge in [-0.1, -0.05) is 13.8 Å². The molecule has 2 rings (SSSR count). The van der Waals surface area contributed by atoms with E-state index in [0.717, 1.165) is 0 Å². The van der Waals surface area contributed by atoms with Gasteiger partial charge in [-0.25, -0.2) is 8.78 Å². The first-order valence-electron chi connectivity index (χ1n) is 4.96. The first-order valence-corrected chi connectivity index (χ1v) is 4.96. The number of alkyl halides is 2. The lowest BCUT2D eigenvalue weighted by Crippen LogP contribution is -2.37. The second-order valence-electron chi connectivity index (χ2n) is 5.21. The molecule has 2 saturated carbocycles. The number of hydrogen-bond acceptors (Lipinski definition) is 1. The van der Waals surface area contributed by atoms with Crippen LogP contribution in [0.3, 0.4) is 0 Å². The minimum absolute atomic E-state index is 0.0948. The van der Waals surface area contributed by atoms with Crippen LogP contribution < -0.4 is 5.73 Å². The summed E-state index contributed by atoms with van der Waals surface area (Å²) in [6, 6.07) is 0. The van der Waals surface area contributed by atoms with E-state index in [-0.39, 0.29) is 24.2 Å². The van der Waals surface area contributed by atoms with E-state index in [2.05, 4.69) is 13.8 Å². The summed E-state index contributed by atoms with van der Waals surface area (Å²) < 4.78 is 25.3. The summed E-state index contributed by atoms with van der Waals surface area (Å²) in [5.74, 6) is -1.20. The van der Waals surface area contributed by atoms with Crippen LogP contribution in [0.5, 0.6) is 0 Å². The van der Waals surface area contributed by atoms with Crippen molar-refractivity contribution >= 4 is 0 Å². The zero-order chi connectivity index (χ0) is 9.85. The molecule has 2 atom stereocenters. The van der Waals surface area contributed by atoms with Crippen LogP contribution in [0.25, 0.3) is 0 Å². The van der Waals surface area contributed by atoms with Crippen molar-refractivity contribution in [3.05, 3.63) is 0 Å². The summed E-state index contributed by atoms with van der Waals surface area (Å²) in [6.45, 7) is 4.94. The average Bonchev–Trinajstić information content (AvgIpc) is 2.47. The van der Waals surface area contributed by atoms with Gasteiger partial charge in [0.1, 0.15) is 0 Å². The van der Waals surface area contributed by atoms with E-state index in [0.29, 0.717) is 18.4 Å². The van der Waals surface area contributed by atoms with E-state index in [4.69, 9.17) is 5.73 Å². The predicted octanol–water partition coefficient (Wildman–Crippen LogP) is 2.26. The molecular formula is C10H17F2N. The van der Waals surface area contributed by atoms with E-state index in [9.17, 15) is 8.78 Å². The molecule has 0 aromatic carbocycles. The topological polar surface area (TPSA) is 26.0 Å². The Hall–Kier alpha value is -0.180. The van der Waals surface area contributed by atoms with Crippen LogP contribution in [-0.2, 0) is 0 Å². The standard InChI is InChI=1S/C10H17F2N/c1-9(2)7(5-13)8(9)6-3-10(11,12)4-6/h6-8H,3-5,13H2,1-2H3/t7-,8-/m0/s1. The van der Waals surface area contributed by atoms with Crippen molar-refractivity contribution < 1.29 is 8.78 Å². The van der Waals surface area contributed by atoms with Gasteiger partial charge < -0.3 is 5.73 Å². The molecule has 0 aromatic rings. The van der Waals surface area contributed by atoms with Crippen molar-refractivity contribution in [2.45, 2.75) is 32.6 Å². The molecule has 3 heteroatoms. The van der Waals surface area contributed by atoms with E-state index in [1.54, 1.807) is 0 Å². The van der Waals surface area contributed by atoms with Crippen LogP contribution in [-0.4, -0.2) is 12.5 Å². The van der Waals surface area contributed by atoms with Gasteiger partial charge in [-0.2, -0.15) is 0 Å². The Morgan fingerprint density at radius 1 is 1.31 bits per heavy atom. The molecule has 0 radical (unpaired) electrons. The maximum atomic E-state index is 12.6. The van der Waals surface area contributed by atoms with Gasteiger partial charge >= 0.3 is 0 Å². The van der Waals surface area contributed by atoms with Crippen LogP contribution in [0.2, 0.25) is 0 Å². The minimum Gasteiger partial charge on any atom is -0.330 e. The lowest BCUT2D eigenvalue weighted by atomic mass is 9.76. The van der Waals surface area contributed by atoms with Crippen molar-refractivity contribution in [1.82, 2.24) is 0 Å². The third kappa shape index (κ3) is 1.28. The minimum atomic E-state index is -2.37. The Morgan fingerprint density at radius 3 is 2.15 bits per heavy atom. The zero-order valence-corrected chi connectivity index (χ0v) is 8.19. The first-order chi connectivity index (χ1) is 5.88. The Bertz CT molecular complexity index is 217. The maximum absolute atomic E-state index is 12.6. The molecule has 0 heterocycles. The maximum Gasteiger partial charge on any atom is 0.248 e. The smallest absolute Gasteiger partial charge is 0.248 e. The summed E-state index contributed by atoms with van der Waals surface area (Å²) in [5, 5.41) is 0. The van der Waals surface area contributed by atoms with Gasteiger partial charge in [-0.05, 0) is 29.7 Å². The fraction of sp³-hybridized carbons (Fsp3) is 1.00. The van der Waals surface area contributed by atoms with Crippen LogP contribution in [0.1, 0.15) is 26.7 Å². The molecule has 2 N–H and O–H groups in total. The van der Waals surface area contributed by atoms with Crippen LogP contribution >= 0.6 is 0 Å². The summed E-state index contributed by atoms with van der Waals surface area (Å²) in [7, 11) is 0. The fourth-order valence-electron chi connectivity index (χ4n) is 3.13. The molecule has 13 heavy (non-hydrogen) atoms. The second-order valence-corrected chi connectivity index (χ2v) is 5.21. The molecule has 0 aromatic heterocycles. The molecule has 0 bridgehead atoms. The van der Waals surface area contributed by atoms with Crippen LogP contribution in [0.4, 0.5) is 8.78 Å². The van der Waals surface area contributed by atoms with E-state index < -0.39 is 5.92 Å². The molecule has 2 fully saturated rings. The van der Waals surface area contributed by atoms with E-state index >= 15 is 0 Å². The molecule has 1 nitrogen and oxygen atoms in total. The van der Waals surface area contributed by atoms with Gasteiger partial charge in [-0.3, -0.25) is 0 Å². The molecule has 0 amide bonds. The number of halogens is 2. The van der Waals surface area contributed by atoms with Crippen molar-refractivity contribution in [3.63, 3.8) is 0 Å². The monoisotopic (exact) mass is 189 g/mol. The number of hydrogen-bond donors (Lipinski definition) is 1. The molecule has 76 valence electrons. The molecule has 2 aliphatic carbocycles. The second kappa shape index (κ2) is 2.44. The molecular weight excluding hydrogens is 172 g/mol. The lowest BCUT2D eigenvalue weighted by molar-refractivity contribution is -0.119. The van der Waals surface area contributed by atoms with Gasteiger partial charge in [-0.15, -0.1) is 0 Å². The SMILES string of the molecule is CC1(C)[C@@H](CN)[C@@H]1C1CC(F)(F)C1. The fourth-order valence-corrected chi connectivity index (χ4v) is 3.13. The average molecular weight is 189 g/mol. The molecule has 0 spiro atoms. The quantitative estimate of drug-likeness (QED) is 0.708. The Labute approximate surface area is 77.7 Å². The van der Waals surface area contributed by atoms with E-state index in [1.807, 2.05) is 0 Å². The summed E-state index contributed by atoms with van der Waals surface area (Å²) in [5.41, 5.74) is 5.81. The highest BCUT2D eigenvalue weighted by Gasteiger charge is 2.64. The van der Waals surface area contributed by atoms with Crippen LogP contribution in [0, 0.1) is 23.2 Å². The van der Waals surface area contributed by atoms with Gasteiger partial charge in [0.15, 0.2) is 0 Å². The van der Waals surface area contributed by atoms with Crippen molar-refractivity contribution in [3.8, 4) is 0 Å². The highest BCUT2D eigenvalue weighted by molar-refractivity contribution is 5.11. The largest absolute Gasteiger partial charge is 0.330 e. The summed E-state index contributed by atoms with van der Waals surface area (Å²) in [6.07, 6.45) is 0.190. The Kier molecular flexibility index (Phi) is 1.76. The molecule has 0 unspecified atom stereocenters. The highest BCUT2D eigenvalue weighted by Crippen LogP contribution is 2.66. The Balaban J connectivity index is 1.92. The van der Waals surface area contributed by atoms with Crippen molar-refractivity contribution in [1.29, 1.82) is 0 Å². The molecule has 2 aliphatic rings. The predicted molar refractivity (Wildman–Crippen MR) is 47.5 cm³/mol. The zero-order valence-electron chi connectivity index (χ0n) is 8.19. The number of rotatable bonds is 2. The lowest BCUT2D eigenvalue weighted by Gasteiger charge is -2.36. The number of nitrogens with two attached hydrogens (primary N) is 1. The van der Waals surface area contributed by atoms with E-state index in [1.165, 1.54) is 0 Å².